The molecule has 0 spiro atoms. The molecule has 0 bridgehead atoms. The van der Waals surface area contributed by atoms with E-state index in [2.05, 4.69) is 5.32 Å². The van der Waals surface area contributed by atoms with E-state index in [4.69, 9.17) is 27.9 Å². The Hall–Kier alpha value is -2.24. The molecule has 1 saturated heterocycles. The molecule has 2 aromatic carbocycles. The molecule has 1 atom stereocenters. The summed E-state index contributed by atoms with van der Waals surface area (Å²) in [5.74, 6) is 0.102. The molecular weight excluding hydrogens is 363 g/mol. The highest BCUT2D eigenvalue weighted by Crippen LogP contribution is 2.30. The molecule has 0 aliphatic carbocycles. The molecule has 1 aliphatic heterocycles. The lowest BCUT2D eigenvalue weighted by Crippen LogP contribution is -2.34. The number of carbonyl (C=O) groups excluding carboxylic acids is 2. The Morgan fingerprint density at radius 2 is 1.88 bits per heavy atom. The Kier molecular flexibility index (Phi) is 5.16. The Labute approximate surface area is 155 Å². The van der Waals surface area contributed by atoms with Gasteiger partial charge in [0.25, 0.3) is 5.91 Å². The standard InChI is InChI=1S/C18H16Cl2N2O3/c1-2-25-13-6-4-12(5-7-13)22-17(23)10-16(18(22)24)21-15-8-3-11(19)9-14(15)20/h3-9,16,21H,2,10H2,1H3. The maximum atomic E-state index is 12.7. The first-order valence-electron chi connectivity index (χ1n) is 7.81. The molecule has 1 N–H and O–H groups in total. The van der Waals surface area contributed by atoms with Crippen LogP contribution in [0.4, 0.5) is 11.4 Å². The molecule has 5 nitrogen and oxygen atoms in total. The van der Waals surface area contributed by atoms with Crippen molar-refractivity contribution in [2.45, 2.75) is 19.4 Å². The summed E-state index contributed by atoms with van der Waals surface area (Å²) in [5, 5.41) is 3.92. The third-order valence-corrected chi connectivity index (χ3v) is 4.36. The lowest BCUT2D eigenvalue weighted by Gasteiger charge is -2.17. The summed E-state index contributed by atoms with van der Waals surface area (Å²) in [6.45, 7) is 2.44. The van der Waals surface area contributed by atoms with E-state index in [1.54, 1.807) is 42.5 Å². The summed E-state index contributed by atoms with van der Waals surface area (Å²) in [5.41, 5.74) is 1.08. The van der Waals surface area contributed by atoms with E-state index in [-0.39, 0.29) is 18.2 Å². The van der Waals surface area contributed by atoms with Crippen molar-refractivity contribution in [3.05, 3.63) is 52.5 Å². The number of nitrogens with zero attached hydrogens (tertiary/aromatic N) is 1. The predicted octanol–water partition coefficient (Wildman–Crippen LogP) is 4.14. The van der Waals surface area contributed by atoms with Crippen molar-refractivity contribution in [1.82, 2.24) is 0 Å². The van der Waals surface area contributed by atoms with Crippen molar-refractivity contribution in [1.29, 1.82) is 0 Å². The zero-order valence-electron chi connectivity index (χ0n) is 13.5. The number of anilines is 2. The van der Waals surface area contributed by atoms with Gasteiger partial charge in [-0.1, -0.05) is 23.2 Å². The van der Waals surface area contributed by atoms with Crippen LogP contribution in [-0.2, 0) is 9.59 Å². The van der Waals surface area contributed by atoms with Gasteiger partial charge in [-0.25, -0.2) is 4.90 Å². The summed E-state index contributed by atoms with van der Waals surface area (Å²) >= 11 is 12.0. The molecule has 0 aromatic heterocycles. The zero-order valence-corrected chi connectivity index (χ0v) is 15.0. The minimum Gasteiger partial charge on any atom is -0.494 e. The van der Waals surface area contributed by atoms with Gasteiger partial charge in [-0.15, -0.1) is 0 Å². The maximum Gasteiger partial charge on any atom is 0.256 e. The number of halogens is 2. The van der Waals surface area contributed by atoms with E-state index in [1.165, 1.54) is 4.90 Å². The van der Waals surface area contributed by atoms with Crippen LogP contribution in [0.15, 0.2) is 42.5 Å². The lowest BCUT2D eigenvalue weighted by atomic mass is 10.2. The topological polar surface area (TPSA) is 58.6 Å². The van der Waals surface area contributed by atoms with E-state index in [0.29, 0.717) is 33.8 Å². The fraction of sp³-hybridized carbons (Fsp3) is 0.222. The van der Waals surface area contributed by atoms with Crippen molar-refractivity contribution in [2.24, 2.45) is 0 Å². The van der Waals surface area contributed by atoms with E-state index >= 15 is 0 Å². The van der Waals surface area contributed by atoms with Crippen LogP contribution in [0.25, 0.3) is 0 Å². The highest BCUT2D eigenvalue weighted by Gasteiger charge is 2.39. The molecule has 130 valence electrons. The highest BCUT2D eigenvalue weighted by atomic mass is 35.5. The number of hydrogen-bond acceptors (Lipinski definition) is 4. The van der Waals surface area contributed by atoms with E-state index in [9.17, 15) is 9.59 Å². The van der Waals surface area contributed by atoms with Crippen LogP contribution < -0.4 is 15.0 Å². The number of benzene rings is 2. The Balaban J connectivity index is 1.77. The zero-order chi connectivity index (χ0) is 18.0. The van der Waals surface area contributed by atoms with Crippen LogP contribution in [0.1, 0.15) is 13.3 Å². The van der Waals surface area contributed by atoms with Crippen molar-refractivity contribution in [3.8, 4) is 5.75 Å². The summed E-state index contributed by atoms with van der Waals surface area (Å²) in [7, 11) is 0. The molecule has 1 unspecified atom stereocenters. The molecule has 2 aromatic rings. The van der Waals surface area contributed by atoms with E-state index < -0.39 is 6.04 Å². The monoisotopic (exact) mass is 378 g/mol. The number of imide groups is 1. The number of rotatable bonds is 5. The summed E-state index contributed by atoms with van der Waals surface area (Å²) in [6, 6.07) is 11.1. The first-order valence-corrected chi connectivity index (χ1v) is 8.56. The molecule has 1 aliphatic rings. The van der Waals surface area contributed by atoms with Gasteiger partial charge in [-0.2, -0.15) is 0 Å². The van der Waals surface area contributed by atoms with Crippen LogP contribution in [0.3, 0.4) is 0 Å². The van der Waals surface area contributed by atoms with Crippen molar-refractivity contribution in [2.75, 3.05) is 16.8 Å². The SMILES string of the molecule is CCOc1ccc(N2C(=O)CC(Nc3ccc(Cl)cc3Cl)C2=O)cc1. The third-order valence-electron chi connectivity index (χ3n) is 3.81. The molecule has 7 heteroatoms. The van der Waals surface area contributed by atoms with Gasteiger partial charge in [-0.05, 0) is 49.4 Å². The Morgan fingerprint density at radius 1 is 1.16 bits per heavy atom. The molecule has 1 heterocycles. The van der Waals surface area contributed by atoms with Gasteiger partial charge in [0.15, 0.2) is 0 Å². The first kappa shape index (κ1) is 17.6. The van der Waals surface area contributed by atoms with E-state index in [0.717, 1.165) is 0 Å². The summed E-state index contributed by atoms with van der Waals surface area (Å²) in [6.07, 6.45) is 0.0605. The second-order valence-corrected chi connectivity index (χ2v) is 6.36. The number of hydrogen-bond donors (Lipinski definition) is 1. The van der Waals surface area contributed by atoms with Gasteiger partial charge in [0.05, 0.1) is 29.4 Å². The van der Waals surface area contributed by atoms with Crippen molar-refractivity contribution < 1.29 is 14.3 Å². The predicted molar refractivity (Wildman–Crippen MR) is 98.6 cm³/mol. The third kappa shape index (κ3) is 3.72. The minimum absolute atomic E-state index is 0.0605. The maximum absolute atomic E-state index is 12.7. The average molecular weight is 379 g/mol. The molecule has 3 rings (SSSR count). The number of nitrogens with one attached hydrogen (secondary N) is 1. The quantitative estimate of drug-likeness (QED) is 0.794. The number of carbonyl (C=O) groups is 2. The van der Waals surface area contributed by atoms with Crippen LogP contribution in [-0.4, -0.2) is 24.5 Å². The van der Waals surface area contributed by atoms with Crippen molar-refractivity contribution in [3.63, 3.8) is 0 Å². The fourth-order valence-electron chi connectivity index (χ4n) is 2.67. The van der Waals surface area contributed by atoms with Crippen LogP contribution in [0.2, 0.25) is 10.0 Å². The van der Waals surface area contributed by atoms with E-state index in [1.807, 2.05) is 6.92 Å². The summed E-state index contributed by atoms with van der Waals surface area (Å²) in [4.78, 5) is 26.1. The second kappa shape index (κ2) is 7.33. The van der Waals surface area contributed by atoms with Crippen LogP contribution in [0.5, 0.6) is 5.75 Å². The molecule has 0 radical (unpaired) electrons. The molecule has 0 saturated carbocycles. The molecule has 25 heavy (non-hydrogen) atoms. The Bertz CT molecular complexity index is 808. The van der Waals surface area contributed by atoms with Gasteiger partial charge >= 0.3 is 0 Å². The smallest absolute Gasteiger partial charge is 0.256 e. The summed E-state index contributed by atoms with van der Waals surface area (Å²) < 4.78 is 5.37. The second-order valence-electron chi connectivity index (χ2n) is 5.52. The normalized spacial score (nSPS) is 17.1. The lowest BCUT2D eigenvalue weighted by molar-refractivity contribution is -0.121. The minimum atomic E-state index is -0.669. The van der Waals surface area contributed by atoms with Gasteiger partial charge in [0, 0.05) is 5.02 Å². The number of amides is 2. The van der Waals surface area contributed by atoms with Gasteiger partial charge in [0.2, 0.25) is 5.91 Å². The largest absolute Gasteiger partial charge is 0.494 e. The van der Waals surface area contributed by atoms with Crippen LogP contribution in [0, 0.1) is 0 Å². The Morgan fingerprint density at radius 3 is 2.52 bits per heavy atom. The average Bonchev–Trinajstić information content (AvgIpc) is 2.85. The van der Waals surface area contributed by atoms with Gasteiger partial charge in [-0.3, -0.25) is 9.59 Å². The molecular formula is C18H16Cl2N2O3. The number of ether oxygens (including phenoxy) is 1. The highest BCUT2D eigenvalue weighted by molar-refractivity contribution is 6.36. The molecule has 2 amide bonds. The van der Waals surface area contributed by atoms with Crippen LogP contribution >= 0.6 is 23.2 Å². The van der Waals surface area contributed by atoms with Gasteiger partial charge in [0.1, 0.15) is 11.8 Å². The fourth-order valence-corrected chi connectivity index (χ4v) is 3.13. The van der Waals surface area contributed by atoms with Crippen molar-refractivity contribution >= 4 is 46.4 Å². The molecule has 1 fully saturated rings. The first-order chi connectivity index (χ1) is 12.0. The van der Waals surface area contributed by atoms with Gasteiger partial charge < -0.3 is 10.1 Å².